The Bertz CT molecular complexity index is 5160. The van der Waals surface area contributed by atoms with Gasteiger partial charge in [0.1, 0.15) is 6.33 Å². The summed E-state index contributed by atoms with van der Waals surface area (Å²) in [5, 5.41) is 2.66. The molecule has 6 aromatic carbocycles. The largest absolute Gasteiger partial charge is 0.416 e. The van der Waals surface area contributed by atoms with E-state index in [2.05, 4.69) is 94.3 Å². The molecule has 570 valence electrons. The van der Waals surface area contributed by atoms with Crippen LogP contribution in [0.1, 0.15) is 140 Å². The number of hydrogen-bond donors (Lipinski definition) is 2. The molecule has 4 aromatic heterocycles. The second-order valence-corrected chi connectivity index (χ2v) is 27.2. The topological polar surface area (TPSA) is 189 Å². The molecule has 10 aromatic rings. The smallest absolute Gasteiger partial charge is 0.369 e. The van der Waals surface area contributed by atoms with Crippen molar-refractivity contribution in [1.29, 1.82) is 0 Å². The number of hydrogen-bond acceptors (Lipinski definition) is 13. The van der Waals surface area contributed by atoms with Gasteiger partial charge < -0.3 is 20.5 Å². The first kappa shape index (κ1) is 81.6. The van der Waals surface area contributed by atoms with Gasteiger partial charge in [-0.3, -0.25) is 43.8 Å². The summed E-state index contributed by atoms with van der Waals surface area (Å²) >= 11 is 0. The molecule has 0 atom stereocenters. The first-order valence-electron chi connectivity index (χ1n) is 35.5. The van der Waals surface area contributed by atoms with Crippen LogP contribution in [-0.4, -0.2) is 138 Å². The second kappa shape index (κ2) is 37.0. The van der Waals surface area contributed by atoms with E-state index in [-0.39, 0.29) is 66.3 Å². The number of pyridine rings is 2. The quantitative estimate of drug-likeness (QED) is 0.0529. The third-order valence-electron chi connectivity index (χ3n) is 18.6. The number of aromatic nitrogens is 6. The van der Waals surface area contributed by atoms with Crippen LogP contribution in [0, 0.1) is 56.3 Å². The fourth-order valence-electron chi connectivity index (χ4n) is 12.1. The van der Waals surface area contributed by atoms with E-state index >= 15 is 0 Å². The Morgan fingerprint density at radius 2 is 1.03 bits per heavy atom. The summed E-state index contributed by atoms with van der Waals surface area (Å²) in [5.41, 5.74) is 12.4. The maximum atomic E-state index is 14.1. The third-order valence-corrected chi connectivity index (χ3v) is 18.6. The Morgan fingerprint density at radius 3 is 1.51 bits per heavy atom. The number of benzene rings is 6. The molecule has 111 heavy (non-hydrogen) atoms. The Labute approximate surface area is 638 Å². The zero-order valence-electron chi connectivity index (χ0n) is 61.8. The zero-order valence-corrected chi connectivity index (χ0v) is 61.8. The number of alkyl halides is 9. The number of nitrogens with two attached hydrogens (primary N) is 1. The number of nitrogens with zero attached hydrogens (tertiary/aromatic N) is 10. The van der Waals surface area contributed by atoms with E-state index in [1.54, 1.807) is 116 Å². The van der Waals surface area contributed by atoms with Crippen LogP contribution >= 0.6 is 0 Å². The van der Waals surface area contributed by atoms with Crippen LogP contribution in [0.2, 0.25) is 0 Å². The van der Waals surface area contributed by atoms with Gasteiger partial charge >= 0.3 is 18.5 Å². The molecule has 2 fully saturated rings. The number of carbonyl (C=O) groups excluding carboxylic acids is 4. The summed E-state index contributed by atoms with van der Waals surface area (Å²) in [6, 6.07) is 34.5. The van der Waals surface area contributed by atoms with Crippen LogP contribution in [0.4, 0.5) is 45.2 Å². The molecule has 6 heterocycles. The highest BCUT2D eigenvalue weighted by Gasteiger charge is 2.37. The number of ketones is 2. The van der Waals surface area contributed by atoms with Gasteiger partial charge in [-0.05, 0) is 159 Å². The molecule has 0 radical (unpaired) electrons. The van der Waals surface area contributed by atoms with Crippen molar-refractivity contribution in [2.75, 3.05) is 64.7 Å². The molecular formula is C86H79F9N12O4. The lowest BCUT2D eigenvalue weighted by atomic mass is 9.96. The summed E-state index contributed by atoms with van der Waals surface area (Å²) in [6.45, 7) is 16.5. The second-order valence-electron chi connectivity index (χ2n) is 27.2. The number of carbonyl (C=O) groups is 4. The van der Waals surface area contributed by atoms with Gasteiger partial charge in [-0.25, -0.2) is 15.0 Å². The van der Waals surface area contributed by atoms with Gasteiger partial charge in [-0.15, -0.1) is 0 Å². The highest BCUT2D eigenvalue weighted by Crippen LogP contribution is 2.37. The molecule has 0 unspecified atom stereocenters. The molecule has 2 aliphatic rings. The average molecular weight is 1520 g/mol. The van der Waals surface area contributed by atoms with Crippen molar-refractivity contribution >= 4 is 29.1 Å². The first-order valence-corrected chi connectivity index (χ1v) is 35.5. The van der Waals surface area contributed by atoms with Crippen LogP contribution in [0.3, 0.4) is 0 Å². The Hall–Kier alpha value is -11.9. The Balaban J connectivity index is 0.000000178. The number of imidazole rings is 1. The third kappa shape index (κ3) is 23.8. The van der Waals surface area contributed by atoms with E-state index in [0.29, 0.717) is 80.6 Å². The average Bonchev–Trinajstić information content (AvgIpc) is 1.71. The van der Waals surface area contributed by atoms with Gasteiger partial charge in [0.05, 0.1) is 35.0 Å². The van der Waals surface area contributed by atoms with Crippen molar-refractivity contribution in [3.63, 3.8) is 0 Å². The van der Waals surface area contributed by atoms with Gasteiger partial charge in [-0.1, -0.05) is 90.1 Å². The normalized spacial score (nSPS) is 13.5. The number of anilines is 1. The lowest BCUT2D eigenvalue weighted by Gasteiger charge is -2.37. The highest BCUT2D eigenvalue weighted by molar-refractivity contribution is 6.05. The van der Waals surface area contributed by atoms with E-state index in [1.807, 2.05) is 38.8 Å². The predicted molar refractivity (Wildman–Crippen MR) is 405 cm³/mol. The molecule has 2 aliphatic heterocycles. The van der Waals surface area contributed by atoms with Crippen molar-refractivity contribution in [3.8, 4) is 41.2 Å². The van der Waals surface area contributed by atoms with Crippen LogP contribution in [0.15, 0.2) is 189 Å². The van der Waals surface area contributed by atoms with Crippen LogP contribution < -0.4 is 11.1 Å². The van der Waals surface area contributed by atoms with Gasteiger partial charge in [-0.2, -0.15) is 39.5 Å². The lowest BCUT2D eigenvalue weighted by Crippen LogP contribution is -2.48. The monoisotopic (exact) mass is 1510 g/mol. The SMILES string of the molecule is Cc1ccc(C(=O)Cc2ccc(CN3CCN(C(C)C)CC3)c(C(F)(F)F)c2)cc1C#Cc1ccc(CC(N)=O)nc1.Cc1ccc(C(=O)Cc2ccc(CN3CCN(C)CC3)c(C(F)(F)F)c2)cc1C#Cc1cncnc1.Cc1ccc(NC(=O)c2cc(-n3ccnc3)cc(C(F)(F)F)c2)cc1C#Cc1cccnc1. The van der Waals surface area contributed by atoms with Crippen molar-refractivity contribution in [2.24, 2.45) is 5.73 Å². The number of aryl methyl sites for hydroxylation is 3. The summed E-state index contributed by atoms with van der Waals surface area (Å²) in [6.07, 6.45) is -0.105. The maximum Gasteiger partial charge on any atom is 0.416 e. The Kier molecular flexibility index (Phi) is 27.2. The minimum atomic E-state index is -4.61. The van der Waals surface area contributed by atoms with E-state index in [4.69, 9.17) is 5.73 Å². The van der Waals surface area contributed by atoms with Crippen molar-refractivity contribution in [3.05, 3.63) is 301 Å². The molecule has 2 saturated heterocycles. The molecule has 3 N–H and O–H groups in total. The first-order chi connectivity index (χ1) is 52.9. The molecule has 0 aliphatic carbocycles. The van der Waals surface area contributed by atoms with Crippen molar-refractivity contribution < 1.29 is 58.7 Å². The van der Waals surface area contributed by atoms with Gasteiger partial charge in [0.15, 0.2) is 11.6 Å². The van der Waals surface area contributed by atoms with E-state index in [1.165, 1.54) is 47.8 Å². The number of amides is 2. The fourth-order valence-corrected chi connectivity index (χ4v) is 12.1. The number of nitrogens with one attached hydrogen (secondary N) is 1. The predicted octanol–water partition coefficient (Wildman–Crippen LogP) is 14.4. The van der Waals surface area contributed by atoms with Gasteiger partial charge in [0.25, 0.3) is 5.91 Å². The number of rotatable bonds is 16. The fraction of sp³-hybridized carbons (Fsp3) is 0.267. The summed E-state index contributed by atoms with van der Waals surface area (Å²) < 4.78 is 126. The van der Waals surface area contributed by atoms with Gasteiger partial charge in [0.2, 0.25) is 5.91 Å². The maximum absolute atomic E-state index is 14.1. The lowest BCUT2D eigenvalue weighted by molar-refractivity contribution is -0.139. The van der Waals surface area contributed by atoms with E-state index < -0.39 is 47.0 Å². The Morgan fingerprint density at radius 1 is 0.505 bits per heavy atom. The number of likely N-dealkylation sites (N-methyl/N-ethyl adjacent to an activating group) is 1. The van der Waals surface area contributed by atoms with E-state index in [9.17, 15) is 58.7 Å². The van der Waals surface area contributed by atoms with Crippen LogP contribution in [0.25, 0.3) is 5.69 Å². The molecular weight excluding hydrogens is 1440 g/mol. The minimum absolute atomic E-state index is 0.0416. The highest BCUT2D eigenvalue weighted by atomic mass is 19.4. The van der Waals surface area contributed by atoms with Crippen molar-refractivity contribution in [1.82, 2.24) is 49.1 Å². The minimum Gasteiger partial charge on any atom is -0.369 e. The molecule has 2 amide bonds. The zero-order chi connectivity index (χ0) is 79.6. The molecule has 12 rings (SSSR count). The van der Waals surface area contributed by atoms with Crippen LogP contribution in [0.5, 0.6) is 0 Å². The number of primary amides is 1. The summed E-state index contributed by atoms with van der Waals surface area (Å²) in [5.74, 6) is 16.4. The number of piperazine rings is 2. The summed E-state index contributed by atoms with van der Waals surface area (Å²) in [7, 11) is 2.01. The van der Waals surface area contributed by atoms with Crippen molar-refractivity contribution in [2.45, 2.75) is 91.5 Å². The molecule has 0 bridgehead atoms. The van der Waals surface area contributed by atoms with Crippen LogP contribution in [-0.2, 0) is 55.7 Å². The number of Topliss-reactive ketones (excluding diaryl/α,β-unsaturated/α-hetero) is 2. The number of halogens is 9. The molecule has 0 spiro atoms. The molecule has 25 heteroatoms. The molecule has 0 saturated carbocycles. The standard InChI is InChI=1S/C33H35F3N4O2.C28H27F3N4O.C25H17F3N4O/c1-22(2)40-14-12-39(13-15-40)21-28-10-6-25(16-30(28)33(34,35)36)17-31(41)27-8-4-23(3)26(18-27)9-5-24-7-11-29(38-20-24)19-32(37)42;1-20-3-6-24(15-23(20)7-5-22-16-32-19-33-17-22)27(36)14-21-4-8-25(26(13-21)28(29,30)31)18-35-11-9-34(2)10-12-35;1-17-4-7-22(12-19(17)6-5-18-3-2-8-29-15-18)31-24(33)20-11-21(25(26,27)28)14-23(13-20)32-10-9-30-16-32/h4,6-8,10-11,16,18,20,22H,12-15,17,19,21H2,1-3H3,(H2,37,42);3-4,6,8,13,15-17,19H,9-12,14,18H2,1-2H3;2-4,7-16H,1H3,(H,31,33). The summed E-state index contributed by atoms with van der Waals surface area (Å²) in [4.78, 5) is 78.5. The molecule has 16 nitrogen and oxygen atoms in total. The van der Waals surface area contributed by atoms with Gasteiger partial charge in [0, 0.05) is 189 Å². The van der Waals surface area contributed by atoms with E-state index in [0.717, 1.165) is 85.8 Å².